The first-order chi connectivity index (χ1) is 8.15. The maximum Gasteiger partial charge on any atom is 0.124 e. The molecule has 0 aliphatic heterocycles. The van der Waals surface area contributed by atoms with Crippen LogP contribution in [-0.2, 0) is 0 Å². The van der Waals surface area contributed by atoms with Crippen LogP contribution in [0.15, 0.2) is 42.5 Å². The van der Waals surface area contributed by atoms with E-state index < -0.39 is 0 Å². The molecular formula is C16H14O. The lowest BCUT2D eigenvalue weighted by Gasteiger charge is -2.08. The van der Waals surface area contributed by atoms with Crippen LogP contribution in [0.4, 0.5) is 0 Å². The quantitative estimate of drug-likeness (QED) is 0.562. The second-order valence-corrected chi connectivity index (χ2v) is 4.67. The summed E-state index contributed by atoms with van der Waals surface area (Å²) < 4.78 is 0. The van der Waals surface area contributed by atoms with Gasteiger partial charge in [0.2, 0.25) is 0 Å². The van der Waals surface area contributed by atoms with Crippen LogP contribution in [0.2, 0.25) is 0 Å². The number of aromatic hydroxyl groups is 1. The van der Waals surface area contributed by atoms with Crippen molar-refractivity contribution >= 4 is 21.5 Å². The Morgan fingerprint density at radius 2 is 1.35 bits per heavy atom. The maximum atomic E-state index is 10.0. The van der Waals surface area contributed by atoms with Crippen molar-refractivity contribution in [2.45, 2.75) is 13.8 Å². The summed E-state index contributed by atoms with van der Waals surface area (Å²) in [5.74, 6) is 0.358. The zero-order valence-corrected chi connectivity index (χ0v) is 9.99. The molecule has 0 atom stereocenters. The molecule has 0 radical (unpaired) electrons. The number of rotatable bonds is 0. The van der Waals surface area contributed by atoms with E-state index in [1.807, 2.05) is 18.2 Å². The standard InChI is InChI=1S/C16H14O/c1-10-3-5-12-9-16(17)13-6-4-11(2)8-15(13)14(12)7-10/h3-9,17H,1-2H3. The van der Waals surface area contributed by atoms with E-state index in [4.69, 9.17) is 0 Å². The fourth-order valence-corrected chi connectivity index (χ4v) is 2.36. The summed E-state index contributed by atoms with van der Waals surface area (Å²) in [6.07, 6.45) is 0. The third kappa shape index (κ3) is 1.55. The Balaban J connectivity index is 2.59. The van der Waals surface area contributed by atoms with Crippen molar-refractivity contribution in [2.75, 3.05) is 0 Å². The zero-order chi connectivity index (χ0) is 12.0. The molecule has 0 saturated carbocycles. The number of benzene rings is 3. The predicted molar refractivity (Wildman–Crippen MR) is 72.6 cm³/mol. The lowest BCUT2D eigenvalue weighted by Crippen LogP contribution is -1.82. The molecule has 3 aromatic rings. The van der Waals surface area contributed by atoms with Gasteiger partial charge in [-0.05, 0) is 36.1 Å². The van der Waals surface area contributed by atoms with E-state index in [0.717, 1.165) is 16.2 Å². The molecule has 3 rings (SSSR count). The molecule has 0 spiro atoms. The SMILES string of the molecule is Cc1ccc2cc(O)c3ccc(C)cc3c2c1. The van der Waals surface area contributed by atoms with Crippen LogP contribution in [0.3, 0.4) is 0 Å². The van der Waals surface area contributed by atoms with E-state index in [2.05, 4.69) is 38.1 Å². The summed E-state index contributed by atoms with van der Waals surface area (Å²) in [5.41, 5.74) is 2.46. The third-order valence-corrected chi connectivity index (χ3v) is 3.24. The lowest BCUT2D eigenvalue weighted by atomic mass is 9.98. The molecule has 1 N–H and O–H groups in total. The summed E-state index contributed by atoms with van der Waals surface area (Å²) in [7, 11) is 0. The van der Waals surface area contributed by atoms with Crippen molar-refractivity contribution in [1.82, 2.24) is 0 Å². The highest BCUT2D eigenvalue weighted by Gasteiger charge is 2.05. The van der Waals surface area contributed by atoms with Gasteiger partial charge < -0.3 is 5.11 Å². The molecule has 0 amide bonds. The van der Waals surface area contributed by atoms with Crippen molar-refractivity contribution in [1.29, 1.82) is 0 Å². The zero-order valence-electron chi connectivity index (χ0n) is 9.99. The van der Waals surface area contributed by atoms with Gasteiger partial charge in [0.15, 0.2) is 0 Å². The minimum atomic E-state index is 0.358. The first-order valence-corrected chi connectivity index (χ1v) is 5.78. The number of hydrogen-bond donors (Lipinski definition) is 1. The van der Waals surface area contributed by atoms with Crippen molar-refractivity contribution in [2.24, 2.45) is 0 Å². The summed E-state index contributed by atoms with van der Waals surface area (Å²) in [6.45, 7) is 4.17. The number of aryl methyl sites for hydroxylation is 2. The smallest absolute Gasteiger partial charge is 0.124 e. The topological polar surface area (TPSA) is 20.2 Å². The fraction of sp³-hybridized carbons (Fsp3) is 0.125. The average molecular weight is 222 g/mol. The average Bonchev–Trinajstić information content (AvgIpc) is 2.30. The van der Waals surface area contributed by atoms with E-state index in [1.54, 1.807) is 0 Å². The number of hydrogen-bond acceptors (Lipinski definition) is 1. The molecule has 0 unspecified atom stereocenters. The van der Waals surface area contributed by atoms with E-state index in [-0.39, 0.29) is 0 Å². The largest absolute Gasteiger partial charge is 0.507 e. The van der Waals surface area contributed by atoms with Gasteiger partial charge in [-0.1, -0.05) is 47.5 Å². The first-order valence-electron chi connectivity index (χ1n) is 5.78. The summed E-state index contributed by atoms with van der Waals surface area (Å²) >= 11 is 0. The second-order valence-electron chi connectivity index (χ2n) is 4.67. The Labute approximate surface area is 100 Å². The van der Waals surface area contributed by atoms with Gasteiger partial charge in [-0.25, -0.2) is 0 Å². The van der Waals surface area contributed by atoms with Crippen LogP contribution in [0.25, 0.3) is 21.5 Å². The molecule has 0 aliphatic carbocycles. The van der Waals surface area contributed by atoms with E-state index in [1.165, 1.54) is 16.5 Å². The molecule has 84 valence electrons. The highest BCUT2D eigenvalue weighted by atomic mass is 16.3. The van der Waals surface area contributed by atoms with Gasteiger partial charge in [0, 0.05) is 5.39 Å². The van der Waals surface area contributed by atoms with Gasteiger partial charge in [-0.15, -0.1) is 0 Å². The molecule has 0 aromatic heterocycles. The molecular weight excluding hydrogens is 208 g/mol. The van der Waals surface area contributed by atoms with Gasteiger partial charge >= 0.3 is 0 Å². The monoisotopic (exact) mass is 222 g/mol. The first kappa shape index (κ1) is 10.2. The minimum absolute atomic E-state index is 0.358. The molecule has 0 saturated heterocycles. The van der Waals surface area contributed by atoms with Crippen molar-refractivity contribution in [3.8, 4) is 5.75 Å². The van der Waals surface area contributed by atoms with Crippen molar-refractivity contribution < 1.29 is 5.11 Å². The van der Waals surface area contributed by atoms with Gasteiger partial charge in [0.1, 0.15) is 5.75 Å². The summed E-state index contributed by atoms with van der Waals surface area (Å²) in [4.78, 5) is 0. The summed E-state index contributed by atoms with van der Waals surface area (Å²) in [6, 6.07) is 14.3. The minimum Gasteiger partial charge on any atom is -0.507 e. The van der Waals surface area contributed by atoms with Crippen LogP contribution in [0.1, 0.15) is 11.1 Å². The van der Waals surface area contributed by atoms with Crippen LogP contribution >= 0.6 is 0 Å². The Kier molecular flexibility index (Phi) is 2.08. The molecule has 0 heterocycles. The highest BCUT2D eigenvalue weighted by molar-refractivity contribution is 6.10. The van der Waals surface area contributed by atoms with Gasteiger partial charge in [0.05, 0.1) is 0 Å². The highest BCUT2D eigenvalue weighted by Crippen LogP contribution is 2.33. The van der Waals surface area contributed by atoms with Gasteiger partial charge in [0.25, 0.3) is 0 Å². The Hall–Kier alpha value is -2.02. The molecule has 0 fully saturated rings. The van der Waals surface area contributed by atoms with Crippen LogP contribution in [0.5, 0.6) is 5.75 Å². The Morgan fingerprint density at radius 1 is 0.706 bits per heavy atom. The predicted octanol–water partition coefficient (Wildman–Crippen LogP) is 4.32. The third-order valence-electron chi connectivity index (χ3n) is 3.24. The molecule has 1 nitrogen and oxygen atoms in total. The molecule has 0 bridgehead atoms. The van der Waals surface area contributed by atoms with Crippen LogP contribution < -0.4 is 0 Å². The number of phenols is 1. The molecule has 0 aliphatic rings. The lowest BCUT2D eigenvalue weighted by molar-refractivity contribution is 0.482. The Morgan fingerprint density at radius 3 is 2.12 bits per heavy atom. The van der Waals surface area contributed by atoms with Gasteiger partial charge in [-0.3, -0.25) is 0 Å². The Bertz CT molecular complexity index is 726. The van der Waals surface area contributed by atoms with E-state index in [0.29, 0.717) is 5.75 Å². The second kappa shape index (κ2) is 3.49. The van der Waals surface area contributed by atoms with Gasteiger partial charge in [-0.2, -0.15) is 0 Å². The molecule has 3 aromatic carbocycles. The summed E-state index contributed by atoms with van der Waals surface area (Å²) in [5, 5.41) is 14.4. The normalized spacial score (nSPS) is 11.2. The van der Waals surface area contributed by atoms with Crippen LogP contribution in [-0.4, -0.2) is 5.11 Å². The number of phenolic OH excluding ortho intramolecular Hbond substituents is 1. The van der Waals surface area contributed by atoms with E-state index >= 15 is 0 Å². The van der Waals surface area contributed by atoms with E-state index in [9.17, 15) is 5.11 Å². The van der Waals surface area contributed by atoms with Crippen LogP contribution in [0, 0.1) is 13.8 Å². The maximum absolute atomic E-state index is 10.0. The van der Waals surface area contributed by atoms with Crippen molar-refractivity contribution in [3.05, 3.63) is 53.6 Å². The van der Waals surface area contributed by atoms with Crippen molar-refractivity contribution in [3.63, 3.8) is 0 Å². The fourth-order valence-electron chi connectivity index (χ4n) is 2.36. The molecule has 17 heavy (non-hydrogen) atoms. The number of fused-ring (bicyclic) bond motifs is 3. The molecule has 1 heteroatoms.